The number of likely N-dealkylation sites (tertiary alicyclic amines) is 1. The van der Waals surface area contributed by atoms with Crippen molar-refractivity contribution in [2.45, 2.75) is 63.7 Å². The quantitative estimate of drug-likeness (QED) is 0.765. The number of carbonyl (C=O) groups excluding carboxylic acids is 1. The molecule has 5 nitrogen and oxygen atoms in total. The summed E-state index contributed by atoms with van der Waals surface area (Å²) in [4.78, 5) is 15.1. The van der Waals surface area contributed by atoms with Gasteiger partial charge in [0.25, 0.3) is 0 Å². The summed E-state index contributed by atoms with van der Waals surface area (Å²) in [5, 5.41) is 3.11. The van der Waals surface area contributed by atoms with E-state index < -0.39 is 0 Å². The Morgan fingerprint density at radius 3 is 2.52 bits per heavy atom. The summed E-state index contributed by atoms with van der Waals surface area (Å²) in [6.07, 6.45) is 7.50. The molecule has 0 spiro atoms. The summed E-state index contributed by atoms with van der Waals surface area (Å²) in [5.41, 5.74) is 9.07. The van der Waals surface area contributed by atoms with Crippen molar-refractivity contribution in [2.75, 3.05) is 13.1 Å². The Balaban J connectivity index is 1.27. The lowest BCUT2D eigenvalue weighted by atomic mass is 9.81. The highest BCUT2D eigenvalue weighted by atomic mass is 16.2. The SMILES string of the molecule is O=C(NCc1ccc(CN2CCCC2)cc1)C1NNC2CCCCC21. The molecule has 0 bridgehead atoms. The minimum absolute atomic E-state index is 0.0836. The molecule has 3 atom stereocenters. The van der Waals surface area contributed by atoms with Gasteiger partial charge in [0.1, 0.15) is 6.04 Å². The number of rotatable bonds is 5. The summed E-state index contributed by atoms with van der Waals surface area (Å²) in [6, 6.07) is 9.08. The molecule has 4 rings (SSSR count). The zero-order chi connectivity index (χ0) is 17.1. The third kappa shape index (κ3) is 4.05. The fourth-order valence-corrected chi connectivity index (χ4v) is 4.56. The predicted octanol–water partition coefficient (Wildman–Crippen LogP) is 1.93. The lowest BCUT2D eigenvalue weighted by Gasteiger charge is -2.26. The van der Waals surface area contributed by atoms with Crippen LogP contribution in [0.5, 0.6) is 0 Å². The Labute approximate surface area is 150 Å². The fraction of sp³-hybridized carbons (Fsp3) is 0.650. The van der Waals surface area contributed by atoms with E-state index in [4.69, 9.17) is 0 Å². The number of nitrogens with zero attached hydrogens (tertiary/aromatic N) is 1. The maximum atomic E-state index is 12.6. The van der Waals surface area contributed by atoms with Gasteiger partial charge in [0.05, 0.1) is 0 Å². The summed E-state index contributed by atoms with van der Waals surface area (Å²) in [6.45, 7) is 4.11. The van der Waals surface area contributed by atoms with Gasteiger partial charge in [0.15, 0.2) is 0 Å². The molecule has 3 N–H and O–H groups in total. The van der Waals surface area contributed by atoms with Gasteiger partial charge < -0.3 is 5.32 Å². The summed E-state index contributed by atoms with van der Waals surface area (Å²) in [7, 11) is 0. The first kappa shape index (κ1) is 17.0. The normalized spacial score (nSPS) is 29.5. The van der Waals surface area contributed by atoms with Gasteiger partial charge in [-0.1, -0.05) is 37.1 Å². The summed E-state index contributed by atoms with van der Waals surface area (Å²) < 4.78 is 0. The average Bonchev–Trinajstić information content (AvgIpc) is 3.30. The summed E-state index contributed by atoms with van der Waals surface area (Å²) in [5.74, 6) is 0.569. The first-order chi connectivity index (χ1) is 12.3. The molecular weight excluding hydrogens is 312 g/mol. The predicted molar refractivity (Wildman–Crippen MR) is 98.6 cm³/mol. The largest absolute Gasteiger partial charge is 0.351 e. The third-order valence-electron chi connectivity index (χ3n) is 6.05. The van der Waals surface area contributed by atoms with E-state index in [1.807, 2.05) is 0 Å². The van der Waals surface area contributed by atoms with Crippen LogP contribution < -0.4 is 16.2 Å². The molecule has 0 radical (unpaired) electrons. The highest BCUT2D eigenvalue weighted by Crippen LogP contribution is 2.30. The average molecular weight is 342 g/mol. The van der Waals surface area contributed by atoms with Crippen LogP contribution in [0.25, 0.3) is 0 Å². The summed E-state index contributed by atoms with van der Waals surface area (Å²) >= 11 is 0. The van der Waals surface area contributed by atoms with Crippen LogP contribution in [0.1, 0.15) is 49.7 Å². The van der Waals surface area contributed by atoms with Crippen molar-refractivity contribution >= 4 is 5.91 Å². The maximum absolute atomic E-state index is 12.6. The van der Waals surface area contributed by atoms with Gasteiger partial charge in [0, 0.05) is 25.0 Å². The molecule has 2 saturated heterocycles. The minimum Gasteiger partial charge on any atom is -0.351 e. The highest BCUT2D eigenvalue weighted by molar-refractivity contribution is 5.82. The van der Waals surface area contributed by atoms with E-state index in [1.54, 1.807) is 0 Å². The number of carbonyl (C=O) groups is 1. The van der Waals surface area contributed by atoms with Crippen molar-refractivity contribution in [3.05, 3.63) is 35.4 Å². The Morgan fingerprint density at radius 1 is 1.00 bits per heavy atom. The molecular formula is C20H30N4O. The van der Waals surface area contributed by atoms with Crippen LogP contribution in [0.2, 0.25) is 0 Å². The van der Waals surface area contributed by atoms with Gasteiger partial charge in [-0.15, -0.1) is 0 Å². The number of nitrogens with one attached hydrogen (secondary N) is 3. The van der Waals surface area contributed by atoms with Crippen LogP contribution in [0.3, 0.4) is 0 Å². The van der Waals surface area contributed by atoms with Crippen LogP contribution in [0.4, 0.5) is 0 Å². The van der Waals surface area contributed by atoms with E-state index in [1.165, 1.54) is 56.3 Å². The van der Waals surface area contributed by atoms with Crippen molar-refractivity contribution in [1.29, 1.82) is 0 Å². The third-order valence-corrected chi connectivity index (χ3v) is 6.05. The van der Waals surface area contributed by atoms with E-state index >= 15 is 0 Å². The molecule has 1 saturated carbocycles. The van der Waals surface area contributed by atoms with Gasteiger partial charge >= 0.3 is 0 Å². The lowest BCUT2D eigenvalue weighted by Crippen LogP contribution is -2.45. The molecule has 2 aliphatic heterocycles. The van der Waals surface area contributed by atoms with Crippen LogP contribution in [-0.4, -0.2) is 36.0 Å². The van der Waals surface area contributed by atoms with Gasteiger partial charge in [0.2, 0.25) is 5.91 Å². The maximum Gasteiger partial charge on any atom is 0.239 e. The second-order valence-electron chi connectivity index (χ2n) is 7.84. The molecule has 1 aliphatic carbocycles. The highest BCUT2D eigenvalue weighted by Gasteiger charge is 2.40. The van der Waals surface area contributed by atoms with Crippen LogP contribution in [0, 0.1) is 5.92 Å². The number of fused-ring (bicyclic) bond motifs is 1. The number of hydrogen-bond donors (Lipinski definition) is 3. The molecule has 3 fully saturated rings. The zero-order valence-corrected chi connectivity index (χ0v) is 15.0. The molecule has 2 heterocycles. The van der Waals surface area contributed by atoms with Crippen LogP contribution in [0.15, 0.2) is 24.3 Å². The number of hydrazine groups is 1. The van der Waals surface area contributed by atoms with Crippen molar-refractivity contribution in [2.24, 2.45) is 5.92 Å². The van der Waals surface area contributed by atoms with E-state index in [9.17, 15) is 4.79 Å². The molecule has 136 valence electrons. The zero-order valence-electron chi connectivity index (χ0n) is 15.0. The van der Waals surface area contributed by atoms with Crippen molar-refractivity contribution in [3.8, 4) is 0 Å². The topological polar surface area (TPSA) is 56.4 Å². The van der Waals surface area contributed by atoms with Gasteiger partial charge in [-0.3, -0.25) is 15.1 Å². The molecule has 1 amide bonds. The van der Waals surface area contributed by atoms with E-state index in [-0.39, 0.29) is 11.9 Å². The first-order valence-corrected chi connectivity index (χ1v) is 9.88. The smallest absolute Gasteiger partial charge is 0.239 e. The van der Waals surface area contributed by atoms with Gasteiger partial charge in [-0.05, 0) is 49.9 Å². The number of amides is 1. The minimum atomic E-state index is -0.0836. The molecule has 0 aromatic heterocycles. The number of benzene rings is 1. The second-order valence-corrected chi connectivity index (χ2v) is 7.84. The van der Waals surface area contributed by atoms with Crippen molar-refractivity contribution in [1.82, 2.24) is 21.1 Å². The van der Waals surface area contributed by atoms with Crippen molar-refractivity contribution < 1.29 is 4.79 Å². The van der Waals surface area contributed by atoms with Crippen molar-refractivity contribution in [3.63, 3.8) is 0 Å². The monoisotopic (exact) mass is 342 g/mol. The Bertz CT molecular complexity index is 582. The number of hydrogen-bond acceptors (Lipinski definition) is 4. The Hall–Kier alpha value is -1.43. The molecule has 3 aliphatic rings. The van der Waals surface area contributed by atoms with E-state index in [2.05, 4.69) is 45.3 Å². The van der Waals surface area contributed by atoms with Crippen LogP contribution >= 0.6 is 0 Å². The lowest BCUT2D eigenvalue weighted by molar-refractivity contribution is -0.124. The molecule has 1 aromatic carbocycles. The first-order valence-electron chi connectivity index (χ1n) is 9.88. The van der Waals surface area contributed by atoms with Gasteiger partial charge in [-0.25, -0.2) is 5.43 Å². The standard InChI is InChI=1S/C20H30N4O/c25-20(19-17-5-1-2-6-18(17)22-23-19)21-13-15-7-9-16(10-8-15)14-24-11-3-4-12-24/h7-10,17-19,22-23H,1-6,11-14H2,(H,21,25). The van der Waals surface area contributed by atoms with Crippen LogP contribution in [-0.2, 0) is 17.9 Å². The molecule has 3 unspecified atom stereocenters. The fourth-order valence-electron chi connectivity index (χ4n) is 4.56. The molecule has 25 heavy (non-hydrogen) atoms. The second kappa shape index (κ2) is 7.85. The van der Waals surface area contributed by atoms with E-state index in [0.29, 0.717) is 18.5 Å². The molecule has 1 aromatic rings. The molecule has 5 heteroatoms. The Morgan fingerprint density at radius 2 is 1.72 bits per heavy atom. The van der Waals surface area contributed by atoms with Gasteiger partial charge in [-0.2, -0.15) is 0 Å². The van der Waals surface area contributed by atoms with E-state index in [0.717, 1.165) is 13.0 Å². The Kier molecular flexibility index (Phi) is 5.34.